The Kier molecular flexibility index (Phi) is 9.04. The van der Waals surface area contributed by atoms with E-state index < -0.39 is 6.17 Å². The van der Waals surface area contributed by atoms with Crippen molar-refractivity contribution in [2.45, 2.75) is 78.3 Å². The fourth-order valence-electron chi connectivity index (χ4n) is 4.42. The SMILES string of the molecule is CC(C)CCC(CCC(C)CCN1CCOCC1)C1CCC(F)C1. The Labute approximate surface area is 149 Å². The molecule has 0 aromatic rings. The average molecular weight is 342 g/mol. The van der Waals surface area contributed by atoms with Gasteiger partial charge in [0, 0.05) is 13.1 Å². The summed E-state index contributed by atoms with van der Waals surface area (Å²) < 4.78 is 19.1. The van der Waals surface area contributed by atoms with E-state index in [9.17, 15) is 4.39 Å². The Bertz CT molecular complexity index is 330. The summed E-state index contributed by atoms with van der Waals surface area (Å²) in [5, 5.41) is 0. The molecule has 142 valence electrons. The van der Waals surface area contributed by atoms with Gasteiger partial charge in [-0.1, -0.05) is 33.6 Å². The second kappa shape index (κ2) is 10.8. The second-order valence-electron chi connectivity index (χ2n) is 8.83. The molecule has 0 bridgehead atoms. The molecule has 2 fully saturated rings. The highest BCUT2D eigenvalue weighted by molar-refractivity contribution is 4.81. The molecule has 3 heteroatoms. The van der Waals surface area contributed by atoms with E-state index >= 15 is 0 Å². The molecule has 4 unspecified atom stereocenters. The van der Waals surface area contributed by atoms with E-state index in [1.54, 1.807) is 0 Å². The van der Waals surface area contributed by atoms with Crippen LogP contribution in [0.4, 0.5) is 4.39 Å². The molecule has 0 spiro atoms. The second-order valence-corrected chi connectivity index (χ2v) is 8.83. The predicted molar refractivity (Wildman–Crippen MR) is 100 cm³/mol. The number of halogens is 1. The Balaban J connectivity index is 1.69. The summed E-state index contributed by atoms with van der Waals surface area (Å²) in [4.78, 5) is 2.54. The molecule has 1 aliphatic carbocycles. The van der Waals surface area contributed by atoms with Gasteiger partial charge in [-0.05, 0) is 68.7 Å². The van der Waals surface area contributed by atoms with Gasteiger partial charge in [-0.15, -0.1) is 0 Å². The molecule has 1 aliphatic heterocycles. The third-order valence-electron chi connectivity index (χ3n) is 6.26. The highest BCUT2D eigenvalue weighted by Gasteiger charge is 2.30. The minimum atomic E-state index is -0.518. The Morgan fingerprint density at radius 2 is 1.67 bits per heavy atom. The number of rotatable bonds is 10. The summed E-state index contributed by atoms with van der Waals surface area (Å²) >= 11 is 0. The average Bonchev–Trinajstić information content (AvgIpc) is 3.00. The van der Waals surface area contributed by atoms with Gasteiger partial charge in [0.15, 0.2) is 0 Å². The highest BCUT2D eigenvalue weighted by Crippen LogP contribution is 2.39. The maximum absolute atomic E-state index is 13.6. The highest BCUT2D eigenvalue weighted by atomic mass is 19.1. The molecular formula is C21H40FNO. The fraction of sp³-hybridized carbons (Fsp3) is 1.00. The first-order valence-electron chi connectivity index (χ1n) is 10.5. The van der Waals surface area contributed by atoms with Crippen LogP contribution in [-0.4, -0.2) is 43.9 Å². The van der Waals surface area contributed by atoms with Crippen molar-refractivity contribution < 1.29 is 9.13 Å². The number of morpholine rings is 1. The van der Waals surface area contributed by atoms with Crippen molar-refractivity contribution in [3.05, 3.63) is 0 Å². The molecule has 2 rings (SSSR count). The molecule has 24 heavy (non-hydrogen) atoms. The van der Waals surface area contributed by atoms with E-state index in [4.69, 9.17) is 4.74 Å². The maximum Gasteiger partial charge on any atom is 0.100 e. The Hall–Kier alpha value is -0.150. The van der Waals surface area contributed by atoms with Crippen LogP contribution in [0.25, 0.3) is 0 Å². The summed E-state index contributed by atoms with van der Waals surface area (Å²) in [5.41, 5.74) is 0. The van der Waals surface area contributed by atoms with Gasteiger partial charge < -0.3 is 4.74 Å². The molecular weight excluding hydrogens is 301 g/mol. The third-order valence-corrected chi connectivity index (χ3v) is 6.26. The first kappa shape index (κ1) is 20.2. The van der Waals surface area contributed by atoms with E-state index in [2.05, 4.69) is 25.7 Å². The monoisotopic (exact) mass is 341 g/mol. The lowest BCUT2D eigenvalue weighted by atomic mass is 9.80. The van der Waals surface area contributed by atoms with Crippen LogP contribution in [0, 0.1) is 23.7 Å². The molecule has 0 aromatic carbocycles. The van der Waals surface area contributed by atoms with E-state index in [0.717, 1.165) is 63.3 Å². The van der Waals surface area contributed by atoms with Gasteiger partial charge in [0.1, 0.15) is 6.17 Å². The van der Waals surface area contributed by atoms with E-state index in [1.165, 1.54) is 38.6 Å². The number of hydrogen-bond acceptors (Lipinski definition) is 2. The Morgan fingerprint density at radius 1 is 0.958 bits per heavy atom. The van der Waals surface area contributed by atoms with Gasteiger partial charge in [0.2, 0.25) is 0 Å². The standard InChI is InChI=1S/C21H40FNO/c1-17(2)4-6-19(20-8-9-21(22)16-20)7-5-18(3)10-11-23-12-14-24-15-13-23/h17-21H,4-16H2,1-3H3. The summed E-state index contributed by atoms with van der Waals surface area (Å²) in [6, 6.07) is 0. The maximum atomic E-state index is 13.6. The first-order valence-corrected chi connectivity index (χ1v) is 10.5. The van der Waals surface area contributed by atoms with Crippen molar-refractivity contribution in [2.24, 2.45) is 23.7 Å². The van der Waals surface area contributed by atoms with Gasteiger partial charge in [0.25, 0.3) is 0 Å². The Morgan fingerprint density at radius 3 is 2.29 bits per heavy atom. The van der Waals surface area contributed by atoms with Crippen molar-refractivity contribution in [1.29, 1.82) is 0 Å². The fourth-order valence-corrected chi connectivity index (χ4v) is 4.42. The van der Waals surface area contributed by atoms with Crippen LogP contribution in [0.3, 0.4) is 0 Å². The molecule has 4 atom stereocenters. The topological polar surface area (TPSA) is 12.5 Å². The zero-order valence-electron chi connectivity index (χ0n) is 16.3. The lowest BCUT2D eigenvalue weighted by molar-refractivity contribution is 0.0353. The number of alkyl halides is 1. The largest absolute Gasteiger partial charge is 0.379 e. The van der Waals surface area contributed by atoms with Gasteiger partial charge in [-0.2, -0.15) is 0 Å². The summed E-state index contributed by atoms with van der Waals surface area (Å²) in [6.07, 6.45) is 8.82. The normalized spacial score (nSPS) is 28.4. The lowest BCUT2D eigenvalue weighted by Gasteiger charge is -2.29. The van der Waals surface area contributed by atoms with Crippen LogP contribution < -0.4 is 0 Å². The van der Waals surface area contributed by atoms with Gasteiger partial charge in [-0.25, -0.2) is 4.39 Å². The molecule has 0 radical (unpaired) electrons. The van der Waals surface area contributed by atoms with Crippen LogP contribution in [0.1, 0.15) is 72.1 Å². The minimum Gasteiger partial charge on any atom is -0.379 e. The molecule has 1 saturated heterocycles. The van der Waals surface area contributed by atoms with E-state index in [0.29, 0.717) is 5.92 Å². The van der Waals surface area contributed by atoms with E-state index in [-0.39, 0.29) is 0 Å². The lowest BCUT2D eigenvalue weighted by Crippen LogP contribution is -2.37. The number of nitrogens with zero attached hydrogens (tertiary/aromatic N) is 1. The van der Waals surface area contributed by atoms with Gasteiger partial charge in [-0.3, -0.25) is 4.90 Å². The summed E-state index contributed by atoms with van der Waals surface area (Å²) in [7, 11) is 0. The van der Waals surface area contributed by atoms with Crippen LogP contribution >= 0.6 is 0 Å². The molecule has 0 aromatic heterocycles. The van der Waals surface area contributed by atoms with Crippen molar-refractivity contribution in [1.82, 2.24) is 4.90 Å². The van der Waals surface area contributed by atoms with Gasteiger partial charge >= 0.3 is 0 Å². The molecule has 0 N–H and O–H groups in total. The predicted octanol–water partition coefficient (Wildman–Crippen LogP) is 5.32. The van der Waals surface area contributed by atoms with Crippen LogP contribution in [-0.2, 0) is 4.74 Å². The number of ether oxygens (including phenoxy) is 1. The quantitative estimate of drug-likeness (QED) is 0.533. The zero-order chi connectivity index (χ0) is 17.4. The van der Waals surface area contributed by atoms with Crippen LogP contribution in [0.15, 0.2) is 0 Å². The summed E-state index contributed by atoms with van der Waals surface area (Å²) in [6.45, 7) is 12.3. The molecule has 1 saturated carbocycles. The van der Waals surface area contributed by atoms with Gasteiger partial charge in [0.05, 0.1) is 13.2 Å². The molecule has 1 heterocycles. The van der Waals surface area contributed by atoms with Crippen molar-refractivity contribution in [3.8, 4) is 0 Å². The minimum absolute atomic E-state index is 0.518. The first-order chi connectivity index (χ1) is 11.5. The van der Waals surface area contributed by atoms with E-state index in [1.807, 2.05) is 0 Å². The molecule has 2 nitrogen and oxygen atoms in total. The molecule has 2 aliphatic rings. The van der Waals surface area contributed by atoms with Crippen molar-refractivity contribution >= 4 is 0 Å². The molecule has 0 amide bonds. The zero-order valence-corrected chi connectivity index (χ0v) is 16.3. The summed E-state index contributed by atoms with van der Waals surface area (Å²) in [5.74, 6) is 2.98. The van der Waals surface area contributed by atoms with Crippen molar-refractivity contribution in [2.75, 3.05) is 32.8 Å². The number of hydrogen-bond donors (Lipinski definition) is 0. The van der Waals surface area contributed by atoms with Crippen LogP contribution in [0.5, 0.6) is 0 Å². The van der Waals surface area contributed by atoms with Crippen LogP contribution in [0.2, 0.25) is 0 Å². The van der Waals surface area contributed by atoms with Crippen molar-refractivity contribution in [3.63, 3.8) is 0 Å². The smallest absolute Gasteiger partial charge is 0.100 e. The third kappa shape index (κ3) is 7.39.